The summed E-state index contributed by atoms with van der Waals surface area (Å²) in [5.74, 6) is -5.50. The van der Waals surface area contributed by atoms with Crippen LogP contribution in [0.25, 0.3) is 0 Å². The Kier molecular flexibility index (Phi) is 13.2. The van der Waals surface area contributed by atoms with Gasteiger partial charge in [0, 0.05) is 11.3 Å². The van der Waals surface area contributed by atoms with E-state index < -0.39 is 49.7 Å². The molecule has 0 fully saturated rings. The Morgan fingerprint density at radius 2 is 1.43 bits per heavy atom. The number of carboxylic acids is 2. The zero-order valence-corrected chi connectivity index (χ0v) is 17.8. The second-order valence-corrected chi connectivity index (χ2v) is 6.43. The van der Waals surface area contributed by atoms with Crippen molar-refractivity contribution < 1.29 is 44.0 Å². The highest BCUT2D eigenvalue weighted by Crippen LogP contribution is 2.32. The van der Waals surface area contributed by atoms with Crippen LogP contribution in [0.4, 0.5) is 5.69 Å². The molecule has 1 aromatic rings. The highest BCUT2D eigenvalue weighted by molar-refractivity contribution is 6.42. The van der Waals surface area contributed by atoms with Crippen molar-refractivity contribution in [1.82, 2.24) is 0 Å². The Labute approximate surface area is 182 Å². The first-order valence-electron chi connectivity index (χ1n) is 8.72. The number of carbonyl (C=O) groups excluding carboxylic acids is 2. The molecule has 10 nitrogen and oxygen atoms in total. The van der Waals surface area contributed by atoms with Crippen molar-refractivity contribution in [2.45, 2.75) is 52.6 Å². The molecule has 1 rings (SSSR count). The molecule has 0 bridgehead atoms. The quantitative estimate of drug-likeness (QED) is 0.228. The molecule has 0 aliphatic heterocycles. The van der Waals surface area contributed by atoms with E-state index in [2.05, 4.69) is 28.6 Å². The van der Waals surface area contributed by atoms with Crippen LogP contribution in [0.1, 0.15) is 45.1 Å². The van der Waals surface area contributed by atoms with Crippen LogP contribution in [0.15, 0.2) is 12.1 Å². The van der Waals surface area contributed by atoms with Gasteiger partial charge in [-0.25, -0.2) is 0 Å². The number of nitrogens with one attached hydrogen (secondary N) is 1. The third-order valence-electron chi connectivity index (χ3n) is 3.20. The Morgan fingerprint density at radius 3 is 1.80 bits per heavy atom. The van der Waals surface area contributed by atoms with Crippen molar-refractivity contribution in [2.75, 3.05) is 5.32 Å². The van der Waals surface area contributed by atoms with E-state index in [0.29, 0.717) is 0 Å². The van der Waals surface area contributed by atoms with Gasteiger partial charge in [0.2, 0.25) is 0 Å². The minimum atomic E-state index is -1.86. The lowest BCUT2D eigenvalue weighted by atomic mass is 10.2. The number of rotatable bonds is 10. The number of aliphatic hydroxyl groups excluding tert-OH is 1. The number of hydrogen-bond donors (Lipinski definition) is 4. The summed E-state index contributed by atoms with van der Waals surface area (Å²) in [7, 11) is 0. The van der Waals surface area contributed by atoms with Gasteiger partial charge >= 0.3 is 30.3 Å². The van der Waals surface area contributed by atoms with E-state index >= 15 is 0 Å². The summed E-state index contributed by atoms with van der Waals surface area (Å²) in [5.41, 5.74) is 0.130. The third kappa shape index (κ3) is 10.8. The van der Waals surface area contributed by atoms with Crippen LogP contribution in [-0.4, -0.2) is 45.6 Å². The Balaban J connectivity index is 0.00000192. The number of halogens is 2. The van der Waals surface area contributed by atoms with Gasteiger partial charge in [0.15, 0.2) is 0 Å². The number of anilines is 1. The van der Waals surface area contributed by atoms with Gasteiger partial charge in [-0.1, -0.05) is 49.9 Å². The van der Waals surface area contributed by atoms with Crippen LogP contribution >= 0.6 is 23.2 Å². The number of carboxylic acid groups (broad SMARTS) is 2. The second kappa shape index (κ2) is 14.4. The van der Waals surface area contributed by atoms with E-state index in [4.69, 9.17) is 33.4 Å². The summed E-state index contributed by atoms with van der Waals surface area (Å²) in [6, 6.07) is 2.66. The van der Waals surface area contributed by atoms with E-state index in [-0.39, 0.29) is 21.3 Å². The minimum absolute atomic E-state index is 0.0216. The zero-order valence-electron chi connectivity index (χ0n) is 16.3. The van der Waals surface area contributed by atoms with Crippen molar-refractivity contribution in [3.63, 3.8) is 0 Å². The molecule has 0 aliphatic rings. The first kappa shape index (κ1) is 27.4. The van der Waals surface area contributed by atoms with Crippen molar-refractivity contribution >= 4 is 52.8 Å². The molecule has 168 valence electrons. The van der Waals surface area contributed by atoms with Gasteiger partial charge in [0.05, 0.1) is 16.7 Å². The van der Waals surface area contributed by atoms with Crippen molar-refractivity contribution in [1.29, 1.82) is 0 Å². The molecule has 0 spiro atoms. The first-order chi connectivity index (χ1) is 14.0. The Hall–Kier alpha value is -2.56. The van der Waals surface area contributed by atoms with Crippen LogP contribution in [-0.2, 0) is 35.3 Å². The van der Waals surface area contributed by atoms with E-state index in [9.17, 15) is 24.3 Å². The number of carbonyl (C=O) groups is 4. The van der Waals surface area contributed by atoms with Crippen LogP contribution in [0.3, 0.4) is 0 Å². The van der Waals surface area contributed by atoms with Crippen molar-refractivity contribution in [3.05, 3.63) is 27.7 Å². The number of benzene rings is 1. The predicted molar refractivity (Wildman–Crippen MR) is 107 cm³/mol. The number of aliphatic hydroxyl groups is 1. The average molecular weight is 468 g/mol. The Bertz CT molecular complexity index is 723. The van der Waals surface area contributed by atoms with Gasteiger partial charge in [-0.3, -0.25) is 19.2 Å². The maximum atomic E-state index is 11.5. The lowest BCUT2D eigenvalue weighted by molar-refractivity contribution is -0.184. The summed E-state index contributed by atoms with van der Waals surface area (Å²) in [6.45, 7) is 3.78. The highest BCUT2D eigenvalue weighted by Gasteiger charge is 2.23. The maximum Gasteiger partial charge on any atom is 0.329 e. The van der Waals surface area contributed by atoms with E-state index in [1.807, 2.05) is 0 Å². The van der Waals surface area contributed by atoms with E-state index in [1.165, 1.54) is 25.0 Å². The molecule has 1 aromatic carbocycles. The minimum Gasteiger partial charge on any atom is -0.481 e. The molecule has 0 aliphatic carbocycles. The fraction of sp³-hybridized carbons (Fsp3) is 0.444. The number of hydrogen-bond acceptors (Lipinski definition) is 8. The molecule has 0 aromatic heterocycles. The molecular formula is C18H23Cl2NO9. The number of aliphatic carboxylic acids is 2. The molecule has 0 unspecified atom stereocenters. The van der Waals surface area contributed by atoms with Crippen LogP contribution < -0.4 is 5.32 Å². The molecule has 0 heterocycles. The third-order valence-corrected chi connectivity index (χ3v) is 4.04. The van der Waals surface area contributed by atoms with E-state index in [0.717, 1.165) is 0 Å². The largest absolute Gasteiger partial charge is 0.481 e. The van der Waals surface area contributed by atoms with Crippen molar-refractivity contribution in [2.24, 2.45) is 0 Å². The molecule has 30 heavy (non-hydrogen) atoms. The van der Waals surface area contributed by atoms with Gasteiger partial charge in [0.25, 0.3) is 0 Å². The van der Waals surface area contributed by atoms with Gasteiger partial charge in [-0.2, -0.15) is 0 Å². The number of unbranched alkanes of at least 4 members (excludes halogenated alkanes) is 1. The topological polar surface area (TPSA) is 159 Å². The summed E-state index contributed by atoms with van der Waals surface area (Å²) >= 11 is 11.7. The number of ether oxygens (including phenoxy) is 2. The van der Waals surface area contributed by atoms with Gasteiger partial charge in [-0.05, 0) is 12.1 Å². The fourth-order valence-corrected chi connectivity index (χ4v) is 2.06. The number of esters is 2. The highest BCUT2D eigenvalue weighted by atomic mass is 35.5. The van der Waals surface area contributed by atoms with Gasteiger partial charge in [0.1, 0.15) is 12.8 Å². The molecule has 0 amide bonds. The molecule has 4 N–H and O–H groups in total. The van der Waals surface area contributed by atoms with Crippen LogP contribution in [0, 0.1) is 0 Å². The smallest absolute Gasteiger partial charge is 0.329 e. The van der Waals surface area contributed by atoms with E-state index in [1.54, 1.807) is 0 Å². The fourth-order valence-electron chi connectivity index (χ4n) is 1.66. The average Bonchev–Trinajstić information content (AvgIpc) is 2.63. The summed E-state index contributed by atoms with van der Waals surface area (Å²) in [4.78, 5) is 44.0. The molecule has 12 heteroatoms. The van der Waals surface area contributed by atoms with Crippen LogP contribution in [0.2, 0.25) is 10.0 Å². The molecule has 0 saturated heterocycles. The lowest BCUT2D eigenvalue weighted by Crippen LogP contribution is -2.33. The summed E-state index contributed by atoms with van der Waals surface area (Å²) in [6.07, 6.45) is -1.28. The maximum absolute atomic E-state index is 11.5. The second-order valence-electron chi connectivity index (χ2n) is 5.64. The molecule has 0 radical (unpaired) electrons. The van der Waals surface area contributed by atoms with Crippen molar-refractivity contribution in [3.8, 4) is 0 Å². The molecule has 0 atom stereocenters. The summed E-state index contributed by atoms with van der Waals surface area (Å²) < 4.78 is 9.33. The monoisotopic (exact) mass is 467 g/mol. The molecular weight excluding hydrogens is 445 g/mol. The predicted octanol–water partition coefficient (Wildman–Crippen LogP) is 3.02. The lowest BCUT2D eigenvalue weighted by Gasteiger charge is -2.21. The SMILES string of the molecule is CCCC.O=C(O)CC(=O)OC(Nc1ccc(Cl)c(Cl)c1CO)OC(=O)CC(=O)O. The first-order valence-corrected chi connectivity index (χ1v) is 9.47. The Morgan fingerprint density at radius 1 is 0.967 bits per heavy atom. The standard InChI is InChI=1S/C14H13Cl2NO9.C4H10/c15-7-1-2-8(6(5-18)13(7)16)17-14(25-11(23)3-9(19)20)26-12(24)4-10(21)22;1-3-4-2/h1-2,14,17-18H,3-5H2,(H,19,20)(H,21,22);3-4H2,1-2H3. The normalized spacial score (nSPS) is 9.93. The molecule has 0 saturated carbocycles. The van der Waals surface area contributed by atoms with Crippen LogP contribution in [0.5, 0.6) is 0 Å². The zero-order chi connectivity index (χ0) is 23.3. The summed E-state index contributed by atoms with van der Waals surface area (Å²) in [5, 5.41) is 29.0. The van der Waals surface area contributed by atoms with Gasteiger partial charge < -0.3 is 30.1 Å². The van der Waals surface area contributed by atoms with Gasteiger partial charge in [-0.15, -0.1) is 0 Å².